The van der Waals surface area contributed by atoms with Gasteiger partial charge in [0.2, 0.25) is 0 Å². The normalized spacial score (nSPS) is 13.6. The zero-order chi connectivity index (χ0) is 30.4. The van der Waals surface area contributed by atoms with Crippen LogP contribution in [0.25, 0.3) is 5.57 Å². The average Bonchev–Trinajstić information content (AvgIpc) is 3.30. The minimum Gasteiger partial charge on any atom is -0.481 e. The second kappa shape index (κ2) is 14.1. The van der Waals surface area contributed by atoms with Crippen molar-refractivity contribution in [2.45, 2.75) is 130 Å². The quantitative estimate of drug-likeness (QED) is 0.219. The third-order valence-corrected chi connectivity index (χ3v) is 18.9. The van der Waals surface area contributed by atoms with E-state index in [0.29, 0.717) is 19.6 Å². The molecule has 0 aliphatic carbocycles. The Bertz CT molecular complexity index is 1150. The van der Waals surface area contributed by atoms with Crippen LogP contribution in [0.2, 0.25) is 36.3 Å². The van der Waals surface area contributed by atoms with Crippen molar-refractivity contribution < 1.29 is 18.8 Å². The van der Waals surface area contributed by atoms with Gasteiger partial charge >= 0.3 is 5.97 Å². The Labute approximate surface area is 250 Å². The molecule has 0 fully saturated rings. The monoisotopic (exact) mass is 602 g/mol. The first-order valence-corrected chi connectivity index (χ1v) is 21.4. The zero-order valence-corrected chi connectivity index (χ0v) is 29.8. The lowest BCUT2D eigenvalue weighted by atomic mass is 10.00. The van der Waals surface area contributed by atoms with Gasteiger partial charge in [0.05, 0.1) is 13.2 Å². The summed E-state index contributed by atoms with van der Waals surface area (Å²) >= 11 is 1.76. The van der Waals surface area contributed by atoms with Gasteiger partial charge in [-0.25, -0.2) is 0 Å². The topological polar surface area (TPSA) is 55.8 Å². The minimum atomic E-state index is -1.89. The predicted molar refractivity (Wildman–Crippen MR) is 177 cm³/mol. The molecular formula is C33H54O4SSi2. The van der Waals surface area contributed by atoms with Crippen molar-refractivity contribution in [2.75, 3.05) is 0 Å². The molecule has 40 heavy (non-hydrogen) atoms. The highest BCUT2D eigenvalue weighted by Gasteiger charge is 2.38. The van der Waals surface area contributed by atoms with Gasteiger partial charge in [0.25, 0.3) is 0 Å². The number of rotatable bonds is 14. The number of allylic oxidation sites excluding steroid dienone is 2. The number of carbonyl (C=O) groups is 1. The molecular weight excluding hydrogens is 549 g/mol. The average molecular weight is 603 g/mol. The van der Waals surface area contributed by atoms with Crippen LogP contribution in [0.1, 0.15) is 94.9 Å². The standard InChI is InChI=1S/C33H54O4SSi2/c1-12-27(14-13-15-31(34)35)30-21-26(24-38-30)17-16-25-18-19-28(22-36-39(8,9)32(2,3)4)29(20-25)23-37-40(10,11)33(5,6)7/h14,18-21,24H,12-13,15-17,22-23H2,1-11H3,(H,34,35)/b27-14+. The molecule has 0 spiro atoms. The van der Waals surface area contributed by atoms with Crippen LogP contribution in [0.5, 0.6) is 0 Å². The number of aliphatic carboxylic acids is 1. The summed E-state index contributed by atoms with van der Waals surface area (Å²) in [5.41, 5.74) is 6.40. The number of hydrogen-bond donors (Lipinski definition) is 1. The first-order chi connectivity index (χ1) is 18.4. The van der Waals surface area contributed by atoms with Crippen molar-refractivity contribution in [3.8, 4) is 0 Å². The van der Waals surface area contributed by atoms with Gasteiger partial charge in [-0.15, -0.1) is 11.3 Å². The Morgan fingerprint density at radius 2 is 1.43 bits per heavy atom. The number of hydrogen-bond acceptors (Lipinski definition) is 4. The van der Waals surface area contributed by atoms with Crippen molar-refractivity contribution in [1.29, 1.82) is 0 Å². The van der Waals surface area contributed by atoms with E-state index in [1.54, 1.807) is 11.3 Å². The number of carboxylic acids is 1. The lowest BCUT2D eigenvalue weighted by Gasteiger charge is -2.37. The highest BCUT2D eigenvalue weighted by molar-refractivity contribution is 7.11. The summed E-state index contributed by atoms with van der Waals surface area (Å²) in [6, 6.07) is 9.14. The Balaban J connectivity index is 2.21. The lowest BCUT2D eigenvalue weighted by Crippen LogP contribution is -2.41. The lowest BCUT2D eigenvalue weighted by molar-refractivity contribution is -0.136. The highest BCUT2D eigenvalue weighted by atomic mass is 32.1. The molecule has 1 heterocycles. The zero-order valence-electron chi connectivity index (χ0n) is 27.0. The number of carboxylic acid groups (broad SMARTS) is 1. The van der Waals surface area contributed by atoms with Crippen molar-refractivity contribution >= 4 is 39.5 Å². The van der Waals surface area contributed by atoms with E-state index in [1.165, 1.54) is 32.7 Å². The van der Waals surface area contributed by atoms with Crippen molar-refractivity contribution in [1.82, 2.24) is 0 Å². The Hall–Kier alpha value is -1.52. The molecule has 1 aromatic carbocycles. The third kappa shape index (κ3) is 10.1. The highest BCUT2D eigenvalue weighted by Crippen LogP contribution is 2.39. The molecule has 0 atom stereocenters. The van der Waals surface area contributed by atoms with E-state index < -0.39 is 22.6 Å². The van der Waals surface area contributed by atoms with Gasteiger partial charge in [-0.2, -0.15) is 0 Å². The first kappa shape index (κ1) is 34.7. The summed E-state index contributed by atoms with van der Waals surface area (Å²) in [6.45, 7) is 26.4. The molecule has 2 rings (SSSR count). The van der Waals surface area contributed by atoms with E-state index in [-0.39, 0.29) is 16.5 Å². The molecule has 7 heteroatoms. The van der Waals surface area contributed by atoms with Crippen LogP contribution >= 0.6 is 11.3 Å². The summed E-state index contributed by atoms with van der Waals surface area (Å²) in [6.07, 6.45) is 5.71. The molecule has 0 aliphatic heterocycles. The summed E-state index contributed by atoms with van der Waals surface area (Å²) in [7, 11) is -3.75. The van der Waals surface area contributed by atoms with Gasteiger partial charge in [0.1, 0.15) is 0 Å². The summed E-state index contributed by atoms with van der Waals surface area (Å²) < 4.78 is 13.3. The molecule has 0 bridgehead atoms. The second-order valence-corrected chi connectivity index (χ2v) is 24.6. The van der Waals surface area contributed by atoms with Gasteiger partial charge in [0, 0.05) is 11.3 Å². The van der Waals surface area contributed by atoms with Crippen LogP contribution in [0.3, 0.4) is 0 Å². The van der Waals surface area contributed by atoms with E-state index in [0.717, 1.165) is 19.3 Å². The molecule has 0 radical (unpaired) electrons. The molecule has 0 saturated carbocycles. The fraction of sp³-hybridized carbons (Fsp3) is 0.606. The van der Waals surface area contributed by atoms with E-state index >= 15 is 0 Å². The maximum atomic E-state index is 10.9. The van der Waals surface area contributed by atoms with Crippen LogP contribution in [0, 0.1) is 0 Å². The summed E-state index contributed by atoms with van der Waals surface area (Å²) in [4.78, 5) is 12.1. The fourth-order valence-corrected chi connectivity index (χ4v) is 6.77. The first-order valence-electron chi connectivity index (χ1n) is 14.7. The van der Waals surface area contributed by atoms with Crippen molar-refractivity contribution in [2.24, 2.45) is 0 Å². The molecule has 0 amide bonds. The maximum absolute atomic E-state index is 10.9. The molecule has 1 aromatic heterocycles. The minimum absolute atomic E-state index is 0.165. The number of thiophene rings is 1. The second-order valence-electron chi connectivity index (χ2n) is 14.0. The smallest absolute Gasteiger partial charge is 0.303 e. The molecule has 0 aliphatic rings. The molecule has 4 nitrogen and oxygen atoms in total. The van der Waals surface area contributed by atoms with E-state index in [1.807, 2.05) is 0 Å². The SMILES string of the molecule is CC/C(=C\CCC(=O)O)c1cc(CCc2ccc(CO[Si](C)(C)C(C)(C)C)c(CO[Si](C)(C)C(C)(C)C)c2)cs1. The van der Waals surface area contributed by atoms with E-state index in [2.05, 4.69) is 110 Å². The molecule has 1 N–H and O–H groups in total. The molecule has 0 unspecified atom stereocenters. The molecule has 2 aromatic rings. The van der Waals surface area contributed by atoms with Gasteiger partial charge < -0.3 is 14.0 Å². The van der Waals surface area contributed by atoms with Gasteiger partial charge in [-0.05, 0) is 101 Å². The van der Waals surface area contributed by atoms with Gasteiger partial charge in [-0.3, -0.25) is 4.79 Å². The predicted octanol–water partition coefficient (Wildman–Crippen LogP) is 10.2. The van der Waals surface area contributed by atoms with E-state index in [4.69, 9.17) is 14.0 Å². The van der Waals surface area contributed by atoms with E-state index in [9.17, 15) is 4.79 Å². The number of benzene rings is 1. The molecule has 0 saturated heterocycles. The van der Waals surface area contributed by atoms with Crippen molar-refractivity contribution in [3.63, 3.8) is 0 Å². The van der Waals surface area contributed by atoms with Crippen molar-refractivity contribution in [3.05, 3.63) is 62.9 Å². The van der Waals surface area contributed by atoms with Crippen LogP contribution in [0.4, 0.5) is 0 Å². The van der Waals surface area contributed by atoms with Crippen LogP contribution in [0.15, 0.2) is 35.7 Å². The Morgan fingerprint density at radius 1 is 0.875 bits per heavy atom. The Morgan fingerprint density at radius 3 is 1.95 bits per heavy atom. The van der Waals surface area contributed by atoms with Crippen LogP contribution < -0.4 is 0 Å². The van der Waals surface area contributed by atoms with Crippen LogP contribution in [-0.4, -0.2) is 27.7 Å². The fourth-order valence-electron chi connectivity index (χ4n) is 3.81. The van der Waals surface area contributed by atoms with Gasteiger partial charge in [-0.1, -0.05) is 72.7 Å². The third-order valence-electron chi connectivity index (χ3n) is 8.86. The summed E-state index contributed by atoms with van der Waals surface area (Å²) in [5.74, 6) is -0.745. The molecule has 224 valence electrons. The van der Waals surface area contributed by atoms with Crippen LogP contribution in [-0.2, 0) is 39.7 Å². The summed E-state index contributed by atoms with van der Waals surface area (Å²) in [5, 5.41) is 11.5. The maximum Gasteiger partial charge on any atom is 0.303 e. The number of aryl methyl sites for hydroxylation is 2. The Kier molecular flexibility index (Phi) is 12.2. The largest absolute Gasteiger partial charge is 0.481 e. The van der Waals surface area contributed by atoms with Gasteiger partial charge in [0.15, 0.2) is 16.6 Å².